The predicted molar refractivity (Wildman–Crippen MR) is 145 cm³/mol. The molecule has 36 heavy (non-hydrogen) atoms. The first-order valence-electron chi connectivity index (χ1n) is 11.6. The van der Waals surface area contributed by atoms with Gasteiger partial charge in [0.2, 0.25) is 5.82 Å². The normalized spacial score (nSPS) is 12.4. The molecule has 0 aliphatic rings. The van der Waals surface area contributed by atoms with Crippen molar-refractivity contribution in [1.29, 1.82) is 0 Å². The number of benzene rings is 3. The van der Waals surface area contributed by atoms with E-state index in [1.165, 1.54) is 4.68 Å². The Hall–Kier alpha value is -3.91. The first-order valence-corrected chi connectivity index (χ1v) is 12.4. The van der Waals surface area contributed by atoms with Crippen LogP contribution in [0.5, 0.6) is 11.5 Å². The van der Waals surface area contributed by atoms with Crippen LogP contribution in [0.2, 0.25) is 0 Å². The summed E-state index contributed by atoms with van der Waals surface area (Å²) in [5, 5.41) is 5.92. The Balaban J connectivity index is 1.64. The fourth-order valence-corrected chi connectivity index (χ4v) is 4.23. The fourth-order valence-electron chi connectivity index (χ4n) is 3.80. The summed E-state index contributed by atoms with van der Waals surface area (Å²) in [5.41, 5.74) is 1.68. The van der Waals surface area contributed by atoms with E-state index in [1.54, 1.807) is 31.5 Å². The predicted octanol–water partition coefficient (Wildman–Crippen LogP) is 6.64. The molecule has 0 aliphatic heterocycles. The Morgan fingerprint density at radius 2 is 1.89 bits per heavy atom. The maximum Gasteiger partial charge on any atom is 0.282 e. The second-order valence-electron chi connectivity index (χ2n) is 8.32. The van der Waals surface area contributed by atoms with Gasteiger partial charge in [0.15, 0.2) is 17.3 Å². The number of furan rings is 1. The zero-order valence-corrected chi connectivity index (χ0v) is 21.7. The van der Waals surface area contributed by atoms with Crippen molar-refractivity contribution in [3.63, 3.8) is 0 Å². The summed E-state index contributed by atoms with van der Waals surface area (Å²) in [6.45, 7) is 4.06. The molecule has 1 atom stereocenters. The Labute approximate surface area is 216 Å². The third-order valence-corrected chi connectivity index (χ3v) is 6.58. The van der Waals surface area contributed by atoms with Crippen LogP contribution >= 0.6 is 15.9 Å². The summed E-state index contributed by atoms with van der Waals surface area (Å²) < 4.78 is 19.6. The molecule has 0 amide bonds. The fraction of sp³-hybridized carbons (Fsp3) is 0.179. The molecule has 0 spiro atoms. The van der Waals surface area contributed by atoms with Gasteiger partial charge < -0.3 is 13.9 Å². The number of fused-ring (bicyclic) bond motifs is 2. The topological polar surface area (TPSA) is 78.9 Å². The van der Waals surface area contributed by atoms with Gasteiger partial charge in [-0.15, -0.1) is 0 Å². The van der Waals surface area contributed by atoms with Gasteiger partial charge in [0.1, 0.15) is 5.58 Å². The van der Waals surface area contributed by atoms with Crippen LogP contribution in [0.1, 0.15) is 25.8 Å². The molecular weight excluding hydrogens is 522 g/mol. The number of nitrogens with zero attached hydrogens (tertiary/aromatic N) is 3. The molecule has 5 aromatic rings. The molecule has 0 unspecified atom stereocenters. The molecule has 7 nitrogen and oxygen atoms in total. The summed E-state index contributed by atoms with van der Waals surface area (Å²) in [7, 11) is 1.59. The maximum absolute atomic E-state index is 13.5. The highest BCUT2D eigenvalue weighted by atomic mass is 79.9. The molecule has 5 rings (SSSR count). The Kier molecular flexibility index (Phi) is 6.61. The molecule has 2 heterocycles. The van der Waals surface area contributed by atoms with Crippen LogP contribution in [0.3, 0.4) is 0 Å². The van der Waals surface area contributed by atoms with Gasteiger partial charge in [-0.2, -0.15) is 9.78 Å². The van der Waals surface area contributed by atoms with E-state index in [0.717, 1.165) is 16.3 Å². The van der Waals surface area contributed by atoms with E-state index in [4.69, 9.17) is 18.9 Å². The minimum Gasteiger partial charge on any atom is -0.493 e. The van der Waals surface area contributed by atoms with Crippen molar-refractivity contribution in [3.05, 3.63) is 87.1 Å². The third-order valence-electron chi connectivity index (χ3n) is 5.90. The monoisotopic (exact) mass is 545 g/mol. The van der Waals surface area contributed by atoms with Crippen LogP contribution in [0, 0.1) is 0 Å². The van der Waals surface area contributed by atoms with E-state index >= 15 is 0 Å². The lowest BCUT2D eigenvalue weighted by atomic mass is 10.2. The minimum absolute atomic E-state index is 0.0407. The lowest BCUT2D eigenvalue weighted by Crippen LogP contribution is -2.20. The summed E-state index contributed by atoms with van der Waals surface area (Å²) in [6, 6.07) is 20.3. The molecule has 0 saturated heterocycles. The number of aromatic nitrogens is 2. The molecule has 0 aliphatic carbocycles. The molecule has 0 fully saturated rings. The standard InChI is InChI=1S/C28H24BrN3O4/c1-4-17(2)35-25-15-21(29)19(14-24(25)34-3)16-30-32-27(26-13-18-9-5-8-12-23(18)36-26)31-22-11-7-6-10-20(22)28(32)33/h5-17H,4H2,1-3H3/t17-/m1/s1. The number of ether oxygens (including phenoxy) is 2. The van der Waals surface area contributed by atoms with E-state index in [0.29, 0.717) is 45.1 Å². The average Bonchev–Trinajstić information content (AvgIpc) is 3.33. The highest BCUT2D eigenvalue weighted by molar-refractivity contribution is 9.10. The van der Waals surface area contributed by atoms with E-state index in [2.05, 4.69) is 28.0 Å². The highest BCUT2D eigenvalue weighted by Crippen LogP contribution is 2.34. The third kappa shape index (κ3) is 4.52. The molecule has 0 N–H and O–H groups in total. The van der Waals surface area contributed by atoms with Crippen molar-refractivity contribution in [2.75, 3.05) is 7.11 Å². The van der Waals surface area contributed by atoms with Gasteiger partial charge in [-0.05, 0) is 65.7 Å². The van der Waals surface area contributed by atoms with Crippen LogP contribution in [-0.4, -0.2) is 29.1 Å². The van der Waals surface area contributed by atoms with Crippen molar-refractivity contribution < 1.29 is 13.9 Å². The van der Waals surface area contributed by atoms with Gasteiger partial charge >= 0.3 is 0 Å². The van der Waals surface area contributed by atoms with Gasteiger partial charge in [0.05, 0.1) is 30.3 Å². The molecule has 3 aromatic carbocycles. The quantitative estimate of drug-likeness (QED) is 0.214. The second kappa shape index (κ2) is 9.99. The molecule has 182 valence electrons. The van der Waals surface area contributed by atoms with Gasteiger partial charge in [-0.25, -0.2) is 4.98 Å². The summed E-state index contributed by atoms with van der Waals surface area (Å²) >= 11 is 3.59. The highest BCUT2D eigenvalue weighted by Gasteiger charge is 2.17. The maximum atomic E-state index is 13.5. The Morgan fingerprint density at radius 3 is 2.67 bits per heavy atom. The molecule has 0 bridgehead atoms. The van der Waals surface area contributed by atoms with Gasteiger partial charge in [-0.1, -0.05) is 37.3 Å². The van der Waals surface area contributed by atoms with Gasteiger partial charge in [-0.3, -0.25) is 4.79 Å². The van der Waals surface area contributed by atoms with Gasteiger partial charge in [0, 0.05) is 15.4 Å². The number of rotatable bonds is 7. The van der Waals surface area contributed by atoms with Crippen LogP contribution < -0.4 is 15.0 Å². The smallest absolute Gasteiger partial charge is 0.282 e. The lowest BCUT2D eigenvalue weighted by molar-refractivity contribution is 0.207. The number of methoxy groups -OCH3 is 1. The van der Waals surface area contributed by atoms with Crippen LogP contribution in [0.15, 0.2) is 85.5 Å². The zero-order valence-electron chi connectivity index (χ0n) is 20.1. The molecule has 0 saturated carbocycles. The van der Waals surface area contributed by atoms with E-state index in [9.17, 15) is 4.79 Å². The van der Waals surface area contributed by atoms with E-state index in [1.807, 2.05) is 55.5 Å². The van der Waals surface area contributed by atoms with E-state index < -0.39 is 0 Å². The first-order chi connectivity index (χ1) is 17.5. The van der Waals surface area contributed by atoms with Crippen LogP contribution in [0.4, 0.5) is 0 Å². The molecule has 8 heteroatoms. The molecular formula is C28H24BrN3O4. The van der Waals surface area contributed by atoms with Crippen molar-refractivity contribution in [3.8, 4) is 23.1 Å². The summed E-state index contributed by atoms with van der Waals surface area (Å²) in [5.74, 6) is 1.96. The van der Waals surface area contributed by atoms with Crippen LogP contribution in [0.25, 0.3) is 33.5 Å². The number of halogens is 1. The number of para-hydroxylation sites is 2. The number of hydrogen-bond donors (Lipinski definition) is 0. The second-order valence-corrected chi connectivity index (χ2v) is 9.18. The SMILES string of the molecule is CC[C@@H](C)Oc1cc(Br)c(C=Nn2c(-c3cc4ccccc4o3)nc3ccccc3c2=O)cc1OC. The van der Waals surface area contributed by atoms with Crippen molar-refractivity contribution in [2.24, 2.45) is 5.10 Å². The van der Waals surface area contributed by atoms with Crippen molar-refractivity contribution >= 4 is 44.0 Å². The number of hydrogen-bond acceptors (Lipinski definition) is 6. The average molecular weight is 546 g/mol. The first kappa shape index (κ1) is 23.8. The minimum atomic E-state index is -0.299. The Morgan fingerprint density at radius 1 is 1.11 bits per heavy atom. The largest absolute Gasteiger partial charge is 0.493 e. The van der Waals surface area contributed by atoms with E-state index in [-0.39, 0.29) is 11.7 Å². The lowest BCUT2D eigenvalue weighted by Gasteiger charge is -2.16. The zero-order chi connectivity index (χ0) is 25.2. The van der Waals surface area contributed by atoms with Gasteiger partial charge in [0.25, 0.3) is 5.56 Å². The van der Waals surface area contributed by atoms with Crippen LogP contribution in [-0.2, 0) is 0 Å². The van der Waals surface area contributed by atoms with Crippen molar-refractivity contribution in [2.45, 2.75) is 26.4 Å². The Bertz CT molecular complexity index is 1620. The van der Waals surface area contributed by atoms with Crippen molar-refractivity contribution in [1.82, 2.24) is 9.66 Å². The summed E-state index contributed by atoms with van der Waals surface area (Å²) in [6.07, 6.45) is 2.50. The summed E-state index contributed by atoms with van der Waals surface area (Å²) in [4.78, 5) is 18.2. The molecule has 0 radical (unpaired) electrons. The molecule has 2 aromatic heterocycles.